The second-order valence-electron chi connectivity index (χ2n) is 6.06. The highest BCUT2D eigenvalue weighted by Crippen LogP contribution is 2.23. The van der Waals surface area contributed by atoms with E-state index < -0.39 is 48.6 Å². The van der Waals surface area contributed by atoms with Crippen LogP contribution in [0.4, 0.5) is 33.3 Å². The van der Waals surface area contributed by atoms with E-state index in [1.807, 2.05) is 60.6 Å². The quantitative estimate of drug-likeness (QED) is 0.178. The highest BCUT2D eigenvalue weighted by Gasteiger charge is 2.26. The van der Waals surface area contributed by atoms with Crippen molar-refractivity contribution in [1.29, 1.82) is 0 Å². The van der Waals surface area contributed by atoms with Crippen LogP contribution < -0.4 is 10.4 Å². The molecule has 0 radical (unpaired) electrons. The summed E-state index contributed by atoms with van der Waals surface area (Å²) >= 11 is 0. The molecule has 0 saturated heterocycles. The highest BCUT2D eigenvalue weighted by molar-refractivity contribution is 6.32. The largest absolute Gasteiger partial charge is 0.634 e. The van der Waals surface area contributed by atoms with Crippen molar-refractivity contribution in [3.63, 3.8) is 0 Å². The molecule has 5 nitrogen and oxygen atoms in total. The molecular weight excluding hydrogens is 422 g/mol. The first-order valence-electron chi connectivity index (χ1n) is 8.81. The van der Waals surface area contributed by atoms with Crippen molar-refractivity contribution >= 4 is 18.7 Å². The second-order valence-corrected chi connectivity index (χ2v) is 6.06. The van der Waals surface area contributed by atoms with Gasteiger partial charge in [-0.15, -0.1) is 0 Å². The van der Waals surface area contributed by atoms with Crippen molar-refractivity contribution in [2.24, 2.45) is 0 Å². The first-order chi connectivity index (χ1) is 14.7. The van der Waals surface area contributed by atoms with E-state index in [0.717, 1.165) is 11.4 Å². The summed E-state index contributed by atoms with van der Waals surface area (Å²) in [7, 11) is -0.377. The molecule has 3 N–H and O–H groups in total. The molecule has 0 aliphatic rings. The van der Waals surface area contributed by atoms with E-state index in [0.29, 0.717) is 0 Å². The van der Waals surface area contributed by atoms with Crippen LogP contribution in [-0.2, 0) is 11.3 Å². The lowest BCUT2D eigenvalue weighted by Gasteiger charge is -2.21. The SMILES string of the molecule is CN(Nc1ccccc1)c1ccccc1.OB(O)OCc1c(F)c(F)c(F)c(F)c1F. The molecule has 0 fully saturated rings. The number of benzene rings is 3. The summed E-state index contributed by atoms with van der Waals surface area (Å²) in [5, 5.41) is 18.4. The van der Waals surface area contributed by atoms with Crippen molar-refractivity contribution < 1.29 is 36.7 Å². The average molecular weight is 440 g/mol. The van der Waals surface area contributed by atoms with Gasteiger partial charge in [0.1, 0.15) is 0 Å². The number of hydrogen-bond donors (Lipinski definition) is 3. The Bertz CT molecular complexity index is 953. The first-order valence-corrected chi connectivity index (χ1v) is 8.81. The van der Waals surface area contributed by atoms with Crippen molar-refractivity contribution in [3.8, 4) is 0 Å². The lowest BCUT2D eigenvalue weighted by atomic mass is 10.1. The molecule has 0 atom stereocenters. The van der Waals surface area contributed by atoms with Gasteiger partial charge in [-0.1, -0.05) is 36.4 Å². The molecule has 0 unspecified atom stereocenters. The molecule has 3 aromatic rings. The molecule has 164 valence electrons. The highest BCUT2D eigenvalue weighted by atomic mass is 19.2. The van der Waals surface area contributed by atoms with Gasteiger partial charge in [0.05, 0.1) is 23.5 Å². The third-order valence-electron chi connectivity index (χ3n) is 3.89. The van der Waals surface area contributed by atoms with Crippen molar-refractivity contribution in [3.05, 3.63) is 95.3 Å². The lowest BCUT2D eigenvalue weighted by Crippen LogP contribution is -2.24. The van der Waals surface area contributed by atoms with Gasteiger partial charge in [0.25, 0.3) is 0 Å². The van der Waals surface area contributed by atoms with E-state index in [9.17, 15) is 22.0 Å². The zero-order valence-electron chi connectivity index (χ0n) is 16.2. The van der Waals surface area contributed by atoms with Gasteiger partial charge in [-0.25, -0.2) is 22.0 Å². The fourth-order valence-electron chi connectivity index (χ4n) is 2.36. The molecule has 0 aliphatic carbocycles. The summed E-state index contributed by atoms with van der Waals surface area (Å²) in [6, 6.07) is 20.3. The van der Waals surface area contributed by atoms with Gasteiger partial charge in [-0.05, 0) is 24.3 Å². The predicted octanol–water partition coefficient (Wildman–Crippen LogP) is 4.02. The van der Waals surface area contributed by atoms with Crippen LogP contribution in [0.25, 0.3) is 0 Å². The summed E-state index contributed by atoms with van der Waals surface area (Å²) in [5.41, 5.74) is 4.24. The summed E-state index contributed by atoms with van der Waals surface area (Å²) in [4.78, 5) is 0. The van der Waals surface area contributed by atoms with E-state index in [1.54, 1.807) is 0 Å². The minimum absolute atomic E-state index is 1.09. The van der Waals surface area contributed by atoms with Gasteiger partial charge in [0.2, 0.25) is 5.82 Å². The summed E-state index contributed by atoms with van der Waals surface area (Å²) in [5.74, 6) is -10.7. The van der Waals surface area contributed by atoms with E-state index in [-0.39, 0.29) is 0 Å². The van der Waals surface area contributed by atoms with Crippen molar-refractivity contribution in [2.75, 3.05) is 17.5 Å². The number of hydrogen-bond acceptors (Lipinski definition) is 5. The van der Waals surface area contributed by atoms with Gasteiger partial charge < -0.3 is 14.7 Å². The van der Waals surface area contributed by atoms with Crippen LogP contribution in [0.3, 0.4) is 0 Å². The molecule has 0 bridgehead atoms. The maximum absolute atomic E-state index is 12.9. The van der Waals surface area contributed by atoms with E-state index in [1.165, 1.54) is 0 Å². The molecule has 31 heavy (non-hydrogen) atoms. The van der Waals surface area contributed by atoms with Crippen molar-refractivity contribution in [2.45, 2.75) is 6.61 Å². The number of hydrazine groups is 1. The zero-order chi connectivity index (χ0) is 23.0. The molecule has 0 heterocycles. The van der Waals surface area contributed by atoms with Crippen LogP contribution in [0.5, 0.6) is 0 Å². The fraction of sp³-hybridized carbons (Fsp3) is 0.100. The molecule has 3 rings (SSSR count). The number of para-hydroxylation sites is 2. The number of nitrogens with zero attached hydrogens (tertiary/aromatic N) is 1. The minimum atomic E-state index is -2.38. The smallest absolute Gasteiger partial charge is 0.402 e. The van der Waals surface area contributed by atoms with Crippen molar-refractivity contribution in [1.82, 2.24) is 0 Å². The zero-order valence-corrected chi connectivity index (χ0v) is 16.2. The lowest BCUT2D eigenvalue weighted by molar-refractivity contribution is 0.170. The Morgan fingerprint density at radius 1 is 0.774 bits per heavy atom. The average Bonchev–Trinajstić information content (AvgIpc) is 2.78. The Morgan fingerprint density at radius 3 is 1.71 bits per heavy atom. The van der Waals surface area contributed by atoms with Gasteiger partial charge in [-0.3, -0.25) is 10.4 Å². The Labute approximate surface area is 175 Å². The van der Waals surface area contributed by atoms with E-state index in [2.05, 4.69) is 22.2 Å². The summed E-state index contributed by atoms with van der Waals surface area (Å²) in [6.45, 7) is -1.16. The predicted molar refractivity (Wildman–Crippen MR) is 106 cm³/mol. The third-order valence-corrected chi connectivity index (χ3v) is 3.89. The monoisotopic (exact) mass is 440 g/mol. The number of anilines is 2. The van der Waals surface area contributed by atoms with Crippen LogP contribution in [-0.4, -0.2) is 24.4 Å². The van der Waals surface area contributed by atoms with Crippen LogP contribution in [0.15, 0.2) is 60.7 Å². The maximum Gasteiger partial charge on any atom is 0.634 e. The summed E-state index contributed by atoms with van der Waals surface area (Å²) in [6.07, 6.45) is 0. The van der Waals surface area contributed by atoms with Gasteiger partial charge in [0, 0.05) is 7.05 Å². The molecule has 3 aromatic carbocycles. The van der Waals surface area contributed by atoms with Crippen LogP contribution in [0.2, 0.25) is 0 Å². The molecule has 0 spiro atoms. The second kappa shape index (κ2) is 11.3. The Morgan fingerprint density at radius 2 is 1.23 bits per heavy atom. The fourth-order valence-corrected chi connectivity index (χ4v) is 2.36. The van der Waals surface area contributed by atoms with Gasteiger partial charge in [-0.2, -0.15) is 0 Å². The first kappa shape index (κ1) is 24.1. The molecule has 0 saturated carbocycles. The Kier molecular flexibility index (Phi) is 8.80. The number of nitrogens with one attached hydrogen (secondary N) is 1. The standard InChI is InChI=1S/C13H14N2.C7H4BF5O3/c1-15(13-10-6-3-7-11-13)14-12-8-4-2-5-9-12;9-3-2(1-16-8(14)15)4(10)6(12)7(13)5(3)11/h2-11,14H,1H3;14-15H,1H2. The van der Waals surface area contributed by atoms with Crippen LogP contribution in [0.1, 0.15) is 5.56 Å². The van der Waals surface area contributed by atoms with Gasteiger partial charge >= 0.3 is 7.32 Å². The number of rotatable bonds is 6. The van der Waals surface area contributed by atoms with Crippen LogP contribution >= 0.6 is 0 Å². The molecule has 0 aromatic heterocycles. The van der Waals surface area contributed by atoms with Gasteiger partial charge in [0.15, 0.2) is 23.3 Å². The normalized spacial score (nSPS) is 10.2. The van der Waals surface area contributed by atoms with E-state index in [4.69, 9.17) is 10.0 Å². The third kappa shape index (κ3) is 6.67. The molecule has 0 amide bonds. The molecule has 0 aliphatic heterocycles. The Hall–Kier alpha value is -3.15. The maximum atomic E-state index is 12.9. The van der Waals surface area contributed by atoms with Crippen LogP contribution in [0, 0.1) is 29.1 Å². The minimum Gasteiger partial charge on any atom is -0.402 e. The molecular formula is C20H18BF5N2O3. The topological polar surface area (TPSA) is 65.0 Å². The summed E-state index contributed by atoms with van der Waals surface area (Å²) < 4.78 is 67.4. The molecule has 11 heteroatoms. The Balaban J connectivity index is 0.000000220. The van der Waals surface area contributed by atoms with E-state index >= 15 is 0 Å². The number of halogens is 5.